The molecular weight excluding hydrogens is 382 g/mol. The van der Waals surface area contributed by atoms with Gasteiger partial charge < -0.3 is 19.1 Å². The predicted molar refractivity (Wildman–Crippen MR) is 110 cm³/mol. The van der Waals surface area contributed by atoms with E-state index >= 15 is 0 Å². The van der Waals surface area contributed by atoms with Crippen LogP contribution in [-0.2, 0) is 4.74 Å². The lowest BCUT2D eigenvalue weighted by atomic mass is 10.1. The minimum Gasteiger partial charge on any atom is -0.377 e. The summed E-state index contributed by atoms with van der Waals surface area (Å²) in [5.74, 6) is 1.70. The maximum atomic E-state index is 13.2. The molecular formula is C22H23N5O3. The molecule has 1 aromatic carbocycles. The third-order valence-electron chi connectivity index (χ3n) is 5.57. The van der Waals surface area contributed by atoms with E-state index < -0.39 is 6.04 Å². The van der Waals surface area contributed by atoms with E-state index in [2.05, 4.69) is 20.0 Å². The number of nitrogens with zero attached hydrogens (tertiary/aromatic N) is 5. The summed E-state index contributed by atoms with van der Waals surface area (Å²) in [6.07, 6.45) is 4.04. The first-order valence-corrected chi connectivity index (χ1v) is 10.3. The Labute approximate surface area is 174 Å². The van der Waals surface area contributed by atoms with Crippen LogP contribution in [0, 0.1) is 0 Å². The quantitative estimate of drug-likeness (QED) is 0.660. The molecule has 1 atom stereocenters. The summed E-state index contributed by atoms with van der Waals surface area (Å²) < 4.78 is 11.1. The highest BCUT2D eigenvalue weighted by molar-refractivity contribution is 5.94. The van der Waals surface area contributed by atoms with E-state index in [0.29, 0.717) is 37.0 Å². The largest absolute Gasteiger partial charge is 0.377 e. The average Bonchev–Trinajstić information content (AvgIpc) is 3.52. The molecule has 8 nitrogen and oxygen atoms in total. The lowest BCUT2D eigenvalue weighted by molar-refractivity contribution is -0.00578. The third kappa shape index (κ3) is 3.66. The van der Waals surface area contributed by atoms with Gasteiger partial charge in [-0.1, -0.05) is 23.4 Å². The minimum atomic E-state index is -0.397. The molecule has 30 heavy (non-hydrogen) atoms. The van der Waals surface area contributed by atoms with Gasteiger partial charge in [-0.25, -0.2) is 4.98 Å². The molecule has 0 unspecified atom stereocenters. The fraction of sp³-hybridized carbons (Fsp3) is 0.364. The van der Waals surface area contributed by atoms with Gasteiger partial charge in [-0.2, -0.15) is 4.98 Å². The number of benzene rings is 1. The Hall–Kier alpha value is -3.26. The van der Waals surface area contributed by atoms with Gasteiger partial charge in [0.25, 0.3) is 11.8 Å². The topological polar surface area (TPSA) is 84.6 Å². The zero-order valence-corrected chi connectivity index (χ0v) is 16.6. The number of ether oxygens (including phenoxy) is 1. The van der Waals surface area contributed by atoms with Crippen LogP contribution in [0.5, 0.6) is 0 Å². The van der Waals surface area contributed by atoms with Gasteiger partial charge in [-0.3, -0.25) is 4.79 Å². The molecule has 0 spiro atoms. The molecule has 0 saturated carbocycles. The first-order chi connectivity index (χ1) is 14.8. The smallest absolute Gasteiger partial charge is 0.257 e. The summed E-state index contributed by atoms with van der Waals surface area (Å²) in [5, 5.41) is 4.13. The number of aromatic nitrogens is 3. The predicted octanol–water partition coefficient (Wildman–Crippen LogP) is 2.95. The maximum absolute atomic E-state index is 13.2. The molecule has 2 aromatic heterocycles. The molecule has 0 bridgehead atoms. The van der Waals surface area contributed by atoms with Crippen LogP contribution in [0.2, 0.25) is 0 Å². The Morgan fingerprint density at radius 3 is 2.63 bits per heavy atom. The number of carbonyl (C=O) groups is 1. The monoisotopic (exact) mass is 405 g/mol. The van der Waals surface area contributed by atoms with Crippen molar-refractivity contribution in [1.29, 1.82) is 0 Å². The Kier molecular flexibility index (Phi) is 5.15. The zero-order valence-electron chi connectivity index (χ0n) is 16.6. The summed E-state index contributed by atoms with van der Waals surface area (Å²) in [6.45, 7) is 3.32. The number of rotatable bonds is 4. The number of morpholine rings is 1. The van der Waals surface area contributed by atoms with E-state index in [1.165, 1.54) is 12.8 Å². The van der Waals surface area contributed by atoms with E-state index in [-0.39, 0.29) is 5.91 Å². The third-order valence-corrected chi connectivity index (χ3v) is 5.57. The Morgan fingerprint density at radius 2 is 1.87 bits per heavy atom. The van der Waals surface area contributed by atoms with Crippen LogP contribution in [0.15, 0.2) is 53.2 Å². The van der Waals surface area contributed by atoms with Crippen molar-refractivity contribution in [2.45, 2.75) is 18.9 Å². The van der Waals surface area contributed by atoms with Crippen LogP contribution in [-0.4, -0.2) is 58.8 Å². The minimum absolute atomic E-state index is 0.102. The van der Waals surface area contributed by atoms with Crippen molar-refractivity contribution in [3.8, 4) is 11.5 Å². The fourth-order valence-electron chi connectivity index (χ4n) is 3.94. The second-order valence-corrected chi connectivity index (χ2v) is 7.51. The van der Waals surface area contributed by atoms with Crippen LogP contribution < -0.4 is 4.90 Å². The highest BCUT2D eigenvalue weighted by atomic mass is 16.5. The molecule has 2 fully saturated rings. The van der Waals surface area contributed by atoms with Crippen LogP contribution >= 0.6 is 0 Å². The van der Waals surface area contributed by atoms with Crippen LogP contribution in [0.1, 0.15) is 35.1 Å². The normalized spacial score (nSPS) is 19.3. The number of anilines is 1. The number of pyridine rings is 1. The second kappa shape index (κ2) is 8.23. The van der Waals surface area contributed by atoms with Crippen molar-refractivity contribution in [2.75, 3.05) is 37.7 Å². The van der Waals surface area contributed by atoms with Crippen molar-refractivity contribution in [3.05, 3.63) is 60.0 Å². The molecule has 8 heteroatoms. The van der Waals surface area contributed by atoms with Gasteiger partial charge in [0.15, 0.2) is 5.82 Å². The van der Waals surface area contributed by atoms with Crippen molar-refractivity contribution in [2.24, 2.45) is 0 Å². The molecule has 4 heterocycles. The fourth-order valence-corrected chi connectivity index (χ4v) is 3.94. The van der Waals surface area contributed by atoms with E-state index in [4.69, 9.17) is 9.26 Å². The SMILES string of the molecule is O=C(c1ccc(N2CCCC2)nc1)N1CCOC[C@H]1c1noc(-c2ccccc2)n1. The van der Waals surface area contributed by atoms with Crippen LogP contribution in [0.4, 0.5) is 5.82 Å². The molecule has 2 aliphatic rings. The molecule has 3 aromatic rings. The molecule has 0 radical (unpaired) electrons. The zero-order chi connectivity index (χ0) is 20.3. The molecule has 0 aliphatic carbocycles. The van der Waals surface area contributed by atoms with Crippen LogP contribution in [0.3, 0.4) is 0 Å². The molecule has 5 rings (SSSR count). The molecule has 0 N–H and O–H groups in total. The summed E-state index contributed by atoms with van der Waals surface area (Å²) in [6, 6.07) is 13.0. The molecule has 1 amide bonds. The number of hydrogen-bond acceptors (Lipinski definition) is 7. The summed E-state index contributed by atoms with van der Waals surface area (Å²) in [7, 11) is 0. The van der Waals surface area contributed by atoms with E-state index in [1.54, 1.807) is 11.1 Å². The highest BCUT2D eigenvalue weighted by Crippen LogP contribution is 2.27. The van der Waals surface area contributed by atoms with Crippen molar-refractivity contribution < 1.29 is 14.1 Å². The number of hydrogen-bond donors (Lipinski definition) is 0. The van der Waals surface area contributed by atoms with Gasteiger partial charge in [0, 0.05) is 31.4 Å². The highest BCUT2D eigenvalue weighted by Gasteiger charge is 2.33. The second-order valence-electron chi connectivity index (χ2n) is 7.51. The van der Waals surface area contributed by atoms with Crippen LogP contribution in [0.25, 0.3) is 11.5 Å². The summed E-state index contributed by atoms with van der Waals surface area (Å²) >= 11 is 0. The van der Waals surface area contributed by atoms with Crippen molar-refractivity contribution >= 4 is 11.7 Å². The van der Waals surface area contributed by atoms with E-state index in [1.807, 2.05) is 42.5 Å². The van der Waals surface area contributed by atoms with Crippen molar-refractivity contribution in [3.63, 3.8) is 0 Å². The Bertz CT molecular complexity index is 999. The first kappa shape index (κ1) is 18.7. The van der Waals surface area contributed by atoms with Gasteiger partial charge in [0.2, 0.25) is 0 Å². The first-order valence-electron chi connectivity index (χ1n) is 10.3. The lowest BCUT2D eigenvalue weighted by Gasteiger charge is -2.33. The number of amides is 1. The van der Waals surface area contributed by atoms with E-state index in [9.17, 15) is 4.79 Å². The molecule has 2 saturated heterocycles. The van der Waals surface area contributed by atoms with Gasteiger partial charge in [-0.05, 0) is 37.1 Å². The van der Waals surface area contributed by atoms with Crippen molar-refractivity contribution in [1.82, 2.24) is 20.0 Å². The summed E-state index contributed by atoms with van der Waals surface area (Å²) in [5.41, 5.74) is 1.39. The van der Waals surface area contributed by atoms with Gasteiger partial charge in [0.05, 0.1) is 18.8 Å². The van der Waals surface area contributed by atoms with E-state index in [0.717, 1.165) is 24.5 Å². The Morgan fingerprint density at radius 1 is 1.03 bits per heavy atom. The Balaban J connectivity index is 1.36. The summed E-state index contributed by atoms with van der Waals surface area (Å²) in [4.78, 5) is 26.3. The average molecular weight is 405 g/mol. The van der Waals surface area contributed by atoms with Gasteiger partial charge >= 0.3 is 0 Å². The number of carbonyl (C=O) groups excluding carboxylic acids is 1. The molecule has 154 valence electrons. The van der Waals surface area contributed by atoms with Gasteiger partial charge in [-0.15, -0.1) is 0 Å². The van der Waals surface area contributed by atoms with Gasteiger partial charge in [0.1, 0.15) is 11.9 Å². The lowest BCUT2D eigenvalue weighted by Crippen LogP contribution is -2.43. The standard InChI is InChI=1S/C22H23N5O3/c28-22(17-8-9-19(23-14-17)26-10-4-5-11-26)27-12-13-29-15-18(27)20-24-21(30-25-20)16-6-2-1-3-7-16/h1-3,6-9,14,18H,4-5,10-13,15H2/t18-/m0/s1. The maximum Gasteiger partial charge on any atom is 0.257 e. The molecule has 2 aliphatic heterocycles.